The van der Waals surface area contributed by atoms with Crippen LogP contribution >= 0.6 is 0 Å². The van der Waals surface area contributed by atoms with Crippen LogP contribution in [0.3, 0.4) is 0 Å². The predicted molar refractivity (Wildman–Crippen MR) is 87.4 cm³/mol. The van der Waals surface area contributed by atoms with Gasteiger partial charge >= 0.3 is 0 Å². The van der Waals surface area contributed by atoms with Gasteiger partial charge in [0.15, 0.2) is 0 Å². The van der Waals surface area contributed by atoms with E-state index in [0.29, 0.717) is 0 Å². The van der Waals surface area contributed by atoms with Crippen molar-refractivity contribution < 1.29 is 5.11 Å². The Kier molecular flexibility index (Phi) is 4.40. The molecule has 1 aliphatic carbocycles. The molecule has 1 saturated carbocycles. The molecule has 2 aromatic carbocycles. The van der Waals surface area contributed by atoms with Gasteiger partial charge in [0.25, 0.3) is 0 Å². The summed E-state index contributed by atoms with van der Waals surface area (Å²) in [5.41, 5.74) is 2.08. The molecule has 0 amide bonds. The molecule has 2 aromatic rings. The van der Waals surface area contributed by atoms with Gasteiger partial charge < -0.3 is 5.11 Å². The number of hydrogen-bond acceptors (Lipinski definition) is 1. The fourth-order valence-corrected chi connectivity index (χ4v) is 3.69. The van der Waals surface area contributed by atoms with E-state index in [1.165, 1.54) is 17.5 Å². The van der Waals surface area contributed by atoms with E-state index in [2.05, 4.69) is 54.6 Å². The molecule has 2 unspecified atom stereocenters. The van der Waals surface area contributed by atoms with E-state index in [-0.39, 0.29) is 5.92 Å². The molecule has 110 valence electrons. The van der Waals surface area contributed by atoms with E-state index in [1.807, 2.05) is 6.07 Å². The quantitative estimate of drug-likeness (QED) is 0.860. The van der Waals surface area contributed by atoms with Crippen molar-refractivity contribution in [3.05, 3.63) is 71.8 Å². The van der Waals surface area contributed by atoms with Crippen LogP contribution in [-0.4, -0.2) is 10.7 Å². The minimum Gasteiger partial charge on any atom is -0.389 e. The average Bonchev–Trinajstić information content (AvgIpc) is 2.55. The molecule has 2 atom stereocenters. The van der Waals surface area contributed by atoms with Crippen LogP contribution in [0.15, 0.2) is 60.7 Å². The lowest BCUT2D eigenvalue weighted by Crippen LogP contribution is -2.39. The zero-order valence-corrected chi connectivity index (χ0v) is 12.5. The van der Waals surface area contributed by atoms with Crippen LogP contribution in [0.1, 0.15) is 49.1 Å². The third kappa shape index (κ3) is 3.36. The first-order valence-electron chi connectivity index (χ1n) is 8.09. The largest absolute Gasteiger partial charge is 0.389 e. The van der Waals surface area contributed by atoms with Gasteiger partial charge in [-0.3, -0.25) is 0 Å². The van der Waals surface area contributed by atoms with Crippen molar-refractivity contribution in [3.63, 3.8) is 0 Å². The molecule has 0 bridgehead atoms. The van der Waals surface area contributed by atoms with Gasteiger partial charge in [-0.15, -0.1) is 0 Å². The Morgan fingerprint density at radius 3 is 2.29 bits per heavy atom. The molecule has 1 N–H and O–H groups in total. The molecular formula is C20H24O. The van der Waals surface area contributed by atoms with Crippen molar-refractivity contribution in [3.8, 4) is 0 Å². The van der Waals surface area contributed by atoms with Gasteiger partial charge in [0.1, 0.15) is 0 Å². The van der Waals surface area contributed by atoms with Crippen molar-refractivity contribution in [2.75, 3.05) is 0 Å². The van der Waals surface area contributed by atoms with Crippen molar-refractivity contribution in [1.82, 2.24) is 0 Å². The average molecular weight is 280 g/mol. The number of aryl methyl sites for hydroxylation is 1. The monoisotopic (exact) mass is 280 g/mol. The zero-order chi connectivity index (χ0) is 14.5. The highest BCUT2D eigenvalue weighted by atomic mass is 16.3. The Bertz CT molecular complexity index is 549. The van der Waals surface area contributed by atoms with Crippen LogP contribution in [0.25, 0.3) is 0 Å². The number of aliphatic hydroxyl groups is 1. The van der Waals surface area contributed by atoms with Gasteiger partial charge in [-0.2, -0.15) is 0 Å². The molecule has 0 saturated heterocycles. The maximum absolute atomic E-state index is 11.2. The zero-order valence-electron chi connectivity index (χ0n) is 12.5. The second-order valence-corrected chi connectivity index (χ2v) is 6.30. The molecule has 0 aromatic heterocycles. The smallest absolute Gasteiger partial charge is 0.0719 e. The summed E-state index contributed by atoms with van der Waals surface area (Å²) in [6.45, 7) is 0. The molecule has 1 heteroatoms. The highest BCUT2D eigenvalue weighted by Crippen LogP contribution is 2.43. The van der Waals surface area contributed by atoms with Crippen LogP contribution in [0.4, 0.5) is 0 Å². The highest BCUT2D eigenvalue weighted by molar-refractivity contribution is 5.24. The van der Waals surface area contributed by atoms with Crippen molar-refractivity contribution in [2.45, 2.75) is 50.0 Å². The molecule has 0 aliphatic heterocycles. The third-order valence-electron chi connectivity index (χ3n) is 4.89. The third-order valence-corrected chi connectivity index (χ3v) is 4.89. The lowest BCUT2D eigenvalue weighted by molar-refractivity contribution is -0.0241. The summed E-state index contributed by atoms with van der Waals surface area (Å²) >= 11 is 0. The number of hydrogen-bond donors (Lipinski definition) is 1. The van der Waals surface area contributed by atoms with Gasteiger partial charge in [-0.1, -0.05) is 73.5 Å². The van der Waals surface area contributed by atoms with Crippen molar-refractivity contribution >= 4 is 0 Å². The summed E-state index contributed by atoms with van der Waals surface area (Å²) in [5.74, 6) is 0.288. The molecule has 0 radical (unpaired) electrons. The lowest BCUT2D eigenvalue weighted by atomic mass is 9.69. The Balaban J connectivity index is 1.76. The minimum absolute atomic E-state index is 0.288. The second-order valence-electron chi connectivity index (χ2n) is 6.30. The molecule has 1 fully saturated rings. The summed E-state index contributed by atoms with van der Waals surface area (Å²) in [6, 6.07) is 21.1. The molecule has 0 heterocycles. The molecule has 0 spiro atoms. The van der Waals surface area contributed by atoms with Gasteiger partial charge in [-0.05, 0) is 36.8 Å². The standard InChI is InChI=1S/C20H24O/c21-20(16-14-17-9-3-1-4-10-17)15-8-7-13-19(20)18-11-5-2-6-12-18/h1-6,9-12,19,21H,7-8,13-16H2. The van der Waals surface area contributed by atoms with E-state index in [9.17, 15) is 5.11 Å². The van der Waals surface area contributed by atoms with Crippen LogP contribution < -0.4 is 0 Å². The van der Waals surface area contributed by atoms with Gasteiger partial charge in [0.05, 0.1) is 5.60 Å². The van der Waals surface area contributed by atoms with Crippen LogP contribution in [-0.2, 0) is 6.42 Å². The van der Waals surface area contributed by atoms with Gasteiger partial charge in [0, 0.05) is 5.92 Å². The first-order chi connectivity index (χ1) is 10.3. The summed E-state index contributed by atoms with van der Waals surface area (Å²) in [5, 5.41) is 11.2. The van der Waals surface area contributed by atoms with E-state index in [4.69, 9.17) is 0 Å². The van der Waals surface area contributed by atoms with Crippen LogP contribution in [0.2, 0.25) is 0 Å². The summed E-state index contributed by atoms with van der Waals surface area (Å²) in [6.07, 6.45) is 6.23. The van der Waals surface area contributed by atoms with E-state index >= 15 is 0 Å². The summed E-state index contributed by atoms with van der Waals surface area (Å²) in [4.78, 5) is 0. The molecule has 1 nitrogen and oxygen atoms in total. The SMILES string of the molecule is OC1(CCc2ccccc2)CCCCC1c1ccccc1. The topological polar surface area (TPSA) is 20.2 Å². The van der Waals surface area contributed by atoms with Gasteiger partial charge in [-0.25, -0.2) is 0 Å². The molecular weight excluding hydrogens is 256 g/mol. The number of rotatable bonds is 4. The van der Waals surface area contributed by atoms with E-state index < -0.39 is 5.60 Å². The highest BCUT2D eigenvalue weighted by Gasteiger charge is 2.39. The van der Waals surface area contributed by atoms with Crippen molar-refractivity contribution in [2.24, 2.45) is 0 Å². The molecule has 1 aliphatic rings. The Labute approximate surface area is 127 Å². The molecule has 3 rings (SSSR count). The van der Waals surface area contributed by atoms with Crippen molar-refractivity contribution in [1.29, 1.82) is 0 Å². The summed E-state index contributed by atoms with van der Waals surface area (Å²) in [7, 11) is 0. The maximum atomic E-state index is 11.2. The second kappa shape index (κ2) is 6.44. The molecule has 21 heavy (non-hydrogen) atoms. The van der Waals surface area contributed by atoms with Crippen LogP contribution in [0.5, 0.6) is 0 Å². The van der Waals surface area contributed by atoms with Gasteiger partial charge in [0.2, 0.25) is 0 Å². The predicted octanol–water partition coefficient (Wildman–Crippen LogP) is 4.71. The maximum Gasteiger partial charge on any atom is 0.0719 e. The first-order valence-corrected chi connectivity index (χ1v) is 8.09. The fourth-order valence-electron chi connectivity index (χ4n) is 3.69. The Hall–Kier alpha value is -1.60. The van der Waals surface area contributed by atoms with E-state index in [0.717, 1.165) is 32.1 Å². The van der Waals surface area contributed by atoms with E-state index in [1.54, 1.807) is 0 Å². The first kappa shape index (κ1) is 14.3. The number of benzene rings is 2. The Morgan fingerprint density at radius 1 is 0.905 bits per heavy atom. The van der Waals surface area contributed by atoms with Crippen LogP contribution in [0, 0.1) is 0 Å². The Morgan fingerprint density at radius 2 is 1.57 bits per heavy atom. The lowest BCUT2D eigenvalue weighted by Gasteiger charge is -2.40. The minimum atomic E-state index is -0.546. The summed E-state index contributed by atoms with van der Waals surface area (Å²) < 4.78 is 0. The normalized spacial score (nSPS) is 25.7. The fraction of sp³-hybridized carbons (Fsp3) is 0.400.